The molecule has 4 rings (SSSR count). The molecule has 0 saturated carbocycles. The number of aromatic nitrogens is 1. The molecular weight excluding hydrogens is 434 g/mol. The Labute approximate surface area is 199 Å². The van der Waals surface area contributed by atoms with Gasteiger partial charge in [0.25, 0.3) is 5.91 Å². The number of carbonyl (C=O) groups excluding carboxylic acids is 1. The summed E-state index contributed by atoms with van der Waals surface area (Å²) in [5, 5.41) is 7.14. The summed E-state index contributed by atoms with van der Waals surface area (Å²) >= 11 is 1.59. The Morgan fingerprint density at radius 3 is 2.61 bits per heavy atom. The van der Waals surface area contributed by atoms with Crippen LogP contribution in [0.2, 0.25) is 0 Å². The third kappa shape index (κ3) is 6.18. The number of aryl methyl sites for hydroxylation is 1. The standard InChI is InChI=1S/C26H31N3O3S/c1-19-16-22(32-28-19)18-33-25-9-5-4-8-23(25)26(30)27-17-24(29-14-6-3-7-15-29)20-10-12-21(31-2)13-11-20/h4-5,8-13,16,24H,3,6-7,14-15,17-18H2,1-2H3,(H,27,30). The summed E-state index contributed by atoms with van der Waals surface area (Å²) in [7, 11) is 1.68. The average molecular weight is 466 g/mol. The Morgan fingerprint density at radius 2 is 1.91 bits per heavy atom. The molecule has 1 fully saturated rings. The summed E-state index contributed by atoms with van der Waals surface area (Å²) < 4.78 is 10.6. The fourth-order valence-corrected chi connectivity index (χ4v) is 5.14. The molecule has 6 nitrogen and oxygen atoms in total. The van der Waals surface area contributed by atoms with E-state index in [9.17, 15) is 4.79 Å². The normalized spacial score (nSPS) is 15.2. The van der Waals surface area contributed by atoms with Gasteiger partial charge in [-0.2, -0.15) is 0 Å². The average Bonchev–Trinajstić information content (AvgIpc) is 3.29. The van der Waals surface area contributed by atoms with E-state index in [1.165, 1.54) is 24.8 Å². The third-order valence-corrected chi connectivity index (χ3v) is 7.06. The Balaban J connectivity index is 1.45. The summed E-state index contributed by atoms with van der Waals surface area (Å²) in [5.74, 6) is 2.22. The van der Waals surface area contributed by atoms with Gasteiger partial charge in [0, 0.05) is 17.5 Å². The van der Waals surface area contributed by atoms with Crippen LogP contribution in [0.3, 0.4) is 0 Å². The molecule has 2 aromatic carbocycles. The number of piperidine rings is 1. The molecule has 0 spiro atoms. The monoisotopic (exact) mass is 465 g/mol. The van der Waals surface area contributed by atoms with Gasteiger partial charge in [-0.3, -0.25) is 9.69 Å². The molecule has 1 unspecified atom stereocenters. The van der Waals surface area contributed by atoms with Crippen molar-refractivity contribution in [2.24, 2.45) is 0 Å². The molecule has 1 atom stereocenters. The second kappa shape index (κ2) is 11.4. The van der Waals surface area contributed by atoms with Gasteiger partial charge < -0.3 is 14.6 Å². The molecular formula is C26H31N3O3S. The zero-order chi connectivity index (χ0) is 23.0. The van der Waals surface area contributed by atoms with Crippen LogP contribution in [-0.2, 0) is 5.75 Å². The molecule has 0 radical (unpaired) electrons. The Hall–Kier alpha value is -2.77. The van der Waals surface area contributed by atoms with Gasteiger partial charge in [-0.15, -0.1) is 11.8 Å². The lowest BCUT2D eigenvalue weighted by Gasteiger charge is -2.35. The first-order chi connectivity index (χ1) is 16.1. The van der Waals surface area contributed by atoms with Gasteiger partial charge in [-0.1, -0.05) is 35.8 Å². The van der Waals surface area contributed by atoms with E-state index in [1.54, 1.807) is 18.9 Å². The van der Waals surface area contributed by atoms with Crippen molar-refractivity contribution >= 4 is 17.7 Å². The molecule has 1 N–H and O–H groups in total. The molecule has 3 aromatic rings. The molecule has 1 amide bonds. The fourth-order valence-electron chi connectivity index (χ4n) is 4.21. The summed E-state index contributed by atoms with van der Waals surface area (Å²) in [5.41, 5.74) is 2.74. The van der Waals surface area contributed by atoms with Crippen LogP contribution < -0.4 is 10.1 Å². The predicted octanol–water partition coefficient (Wildman–Crippen LogP) is 5.24. The molecule has 2 heterocycles. The van der Waals surface area contributed by atoms with Crippen LogP contribution in [0.5, 0.6) is 5.75 Å². The first-order valence-corrected chi connectivity index (χ1v) is 12.4. The van der Waals surface area contributed by atoms with Crippen LogP contribution in [0.1, 0.15) is 52.7 Å². The van der Waals surface area contributed by atoms with Crippen LogP contribution in [-0.4, -0.2) is 42.7 Å². The van der Waals surface area contributed by atoms with E-state index in [4.69, 9.17) is 9.26 Å². The molecule has 1 aromatic heterocycles. The van der Waals surface area contributed by atoms with Crippen molar-refractivity contribution in [3.63, 3.8) is 0 Å². The van der Waals surface area contributed by atoms with Gasteiger partial charge in [0.15, 0.2) is 0 Å². The largest absolute Gasteiger partial charge is 0.497 e. The maximum atomic E-state index is 13.2. The maximum Gasteiger partial charge on any atom is 0.252 e. The van der Waals surface area contributed by atoms with Gasteiger partial charge >= 0.3 is 0 Å². The molecule has 0 aliphatic carbocycles. The van der Waals surface area contributed by atoms with Gasteiger partial charge in [0.05, 0.1) is 30.2 Å². The first-order valence-electron chi connectivity index (χ1n) is 11.4. The number of thioether (sulfide) groups is 1. The number of ether oxygens (including phenoxy) is 1. The fraction of sp³-hybridized carbons (Fsp3) is 0.385. The zero-order valence-electron chi connectivity index (χ0n) is 19.3. The predicted molar refractivity (Wildman–Crippen MR) is 131 cm³/mol. The molecule has 7 heteroatoms. The number of amides is 1. The van der Waals surface area contributed by atoms with E-state index >= 15 is 0 Å². The molecule has 1 saturated heterocycles. The number of methoxy groups -OCH3 is 1. The van der Waals surface area contributed by atoms with Crippen molar-refractivity contribution in [2.75, 3.05) is 26.7 Å². The van der Waals surface area contributed by atoms with Gasteiger partial charge in [0.2, 0.25) is 0 Å². The van der Waals surface area contributed by atoms with Crippen molar-refractivity contribution < 1.29 is 14.1 Å². The van der Waals surface area contributed by atoms with E-state index < -0.39 is 0 Å². The van der Waals surface area contributed by atoms with Gasteiger partial charge in [0.1, 0.15) is 11.5 Å². The summed E-state index contributed by atoms with van der Waals surface area (Å²) in [6.07, 6.45) is 3.66. The van der Waals surface area contributed by atoms with E-state index in [0.717, 1.165) is 35.2 Å². The van der Waals surface area contributed by atoms with E-state index in [2.05, 4.69) is 27.5 Å². The second-order valence-electron chi connectivity index (χ2n) is 8.32. The zero-order valence-corrected chi connectivity index (χ0v) is 20.1. The number of carbonyl (C=O) groups is 1. The number of hydrogen-bond acceptors (Lipinski definition) is 6. The lowest BCUT2D eigenvalue weighted by molar-refractivity contribution is 0.0921. The number of rotatable bonds is 9. The Bertz CT molecular complexity index is 1040. The molecule has 174 valence electrons. The van der Waals surface area contributed by atoms with Gasteiger partial charge in [-0.05, 0) is 62.7 Å². The highest BCUT2D eigenvalue weighted by molar-refractivity contribution is 7.98. The highest BCUT2D eigenvalue weighted by atomic mass is 32.2. The topological polar surface area (TPSA) is 67.6 Å². The number of benzene rings is 2. The lowest BCUT2D eigenvalue weighted by Crippen LogP contribution is -2.40. The smallest absolute Gasteiger partial charge is 0.252 e. The maximum absolute atomic E-state index is 13.2. The van der Waals surface area contributed by atoms with Crippen LogP contribution in [0.4, 0.5) is 0 Å². The SMILES string of the molecule is COc1ccc(C(CNC(=O)c2ccccc2SCc2cc(C)no2)N2CCCCC2)cc1. The lowest BCUT2D eigenvalue weighted by atomic mass is 10.0. The number of hydrogen-bond donors (Lipinski definition) is 1. The minimum atomic E-state index is -0.0534. The summed E-state index contributed by atoms with van der Waals surface area (Å²) in [4.78, 5) is 16.6. The Kier molecular flexibility index (Phi) is 8.07. The first kappa shape index (κ1) is 23.4. The molecule has 0 bridgehead atoms. The number of nitrogens with one attached hydrogen (secondary N) is 1. The third-order valence-electron chi connectivity index (χ3n) is 5.97. The van der Waals surface area contributed by atoms with Crippen LogP contribution >= 0.6 is 11.8 Å². The highest BCUT2D eigenvalue weighted by Gasteiger charge is 2.23. The number of likely N-dealkylation sites (tertiary alicyclic amines) is 1. The van der Waals surface area contributed by atoms with Crippen molar-refractivity contribution in [3.05, 3.63) is 77.2 Å². The van der Waals surface area contributed by atoms with Crippen molar-refractivity contribution in [1.82, 2.24) is 15.4 Å². The minimum Gasteiger partial charge on any atom is -0.497 e. The number of nitrogens with zero attached hydrogens (tertiary/aromatic N) is 2. The second-order valence-corrected chi connectivity index (χ2v) is 9.33. The molecule has 33 heavy (non-hydrogen) atoms. The van der Waals surface area contributed by atoms with Gasteiger partial charge in [-0.25, -0.2) is 0 Å². The summed E-state index contributed by atoms with van der Waals surface area (Å²) in [6, 6.07) is 18.0. The van der Waals surface area contributed by atoms with Crippen LogP contribution in [0.25, 0.3) is 0 Å². The molecule has 1 aliphatic rings. The Morgan fingerprint density at radius 1 is 1.15 bits per heavy atom. The van der Waals surface area contributed by atoms with Crippen molar-refractivity contribution in [1.29, 1.82) is 0 Å². The van der Waals surface area contributed by atoms with E-state index in [1.807, 2.05) is 49.4 Å². The van der Waals surface area contributed by atoms with Crippen molar-refractivity contribution in [2.45, 2.75) is 42.9 Å². The minimum absolute atomic E-state index is 0.0534. The van der Waals surface area contributed by atoms with Crippen LogP contribution in [0.15, 0.2) is 64.0 Å². The quantitative estimate of drug-likeness (QED) is 0.436. The summed E-state index contributed by atoms with van der Waals surface area (Å²) in [6.45, 7) is 4.57. The molecule has 1 aliphatic heterocycles. The van der Waals surface area contributed by atoms with Crippen LogP contribution in [0, 0.1) is 6.92 Å². The highest BCUT2D eigenvalue weighted by Crippen LogP contribution is 2.28. The van der Waals surface area contributed by atoms with E-state index in [-0.39, 0.29) is 11.9 Å². The van der Waals surface area contributed by atoms with E-state index in [0.29, 0.717) is 17.9 Å². The van der Waals surface area contributed by atoms with Crippen molar-refractivity contribution in [3.8, 4) is 5.75 Å².